The lowest BCUT2D eigenvalue weighted by atomic mass is 10.1. The van der Waals surface area contributed by atoms with Crippen molar-refractivity contribution in [3.63, 3.8) is 0 Å². The minimum absolute atomic E-state index is 0.0888. The number of carbonyl (C=O) groups is 2. The summed E-state index contributed by atoms with van der Waals surface area (Å²) in [6.45, 7) is 7.55. The molecule has 2 N–H and O–H groups in total. The first-order valence-corrected chi connectivity index (χ1v) is 7.18. The van der Waals surface area contributed by atoms with E-state index in [9.17, 15) is 9.59 Å². The number of urea groups is 1. The number of piperazine rings is 1. The molecule has 1 saturated heterocycles. The third kappa shape index (κ3) is 3.50. The van der Waals surface area contributed by atoms with Crippen LogP contribution in [0, 0.1) is 5.92 Å². The van der Waals surface area contributed by atoms with Crippen molar-refractivity contribution in [2.45, 2.75) is 32.4 Å². The minimum atomic E-state index is -0.830. The van der Waals surface area contributed by atoms with Crippen LogP contribution in [0.4, 0.5) is 4.79 Å². The highest BCUT2D eigenvalue weighted by atomic mass is 16.4. The van der Waals surface area contributed by atoms with Gasteiger partial charge in [0.15, 0.2) is 0 Å². The normalized spacial score (nSPS) is 27.1. The number of carboxylic acid groups (broad SMARTS) is 1. The van der Waals surface area contributed by atoms with Crippen LogP contribution < -0.4 is 5.32 Å². The Bertz CT molecular complexity index is 400. The van der Waals surface area contributed by atoms with E-state index in [1.54, 1.807) is 17.1 Å². The molecular weight excluding hydrogens is 258 g/mol. The highest BCUT2D eigenvalue weighted by Gasteiger charge is 2.28. The average Bonchev–Trinajstić information content (AvgIpc) is 2.87. The van der Waals surface area contributed by atoms with Crippen LogP contribution in [0.1, 0.15) is 20.3 Å². The van der Waals surface area contributed by atoms with Crippen molar-refractivity contribution in [2.75, 3.05) is 26.2 Å². The molecule has 2 amide bonds. The van der Waals surface area contributed by atoms with Crippen molar-refractivity contribution in [1.29, 1.82) is 0 Å². The third-order valence-electron chi connectivity index (χ3n) is 4.04. The SMILES string of the molecule is CC(C)N1CCN(C(=O)NC2C=CC(C(=O)O)C2)CC1. The first-order chi connectivity index (χ1) is 9.47. The van der Waals surface area contributed by atoms with E-state index in [0.29, 0.717) is 12.5 Å². The zero-order chi connectivity index (χ0) is 14.7. The van der Waals surface area contributed by atoms with Gasteiger partial charge >= 0.3 is 12.0 Å². The molecule has 1 aliphatic heterocycles. The summed E-state index contributed by atoms with van der Waals surface area (Å²) in [5.41, 5.74) is 0. The van der Waals surface area contributed by atoms with Crippen LogP contribution >= 0.6 is 0 Å². The van der Waals surface area contributed by atoms with E-state index in [1.807, 2.05) is 0 Å². The molecule has 1 heterocycles. The number of hydrogen-bond acceptors (Lipinski definition) is 3. The van der Waals surface area contributed by atoms with Crippen molar-refractivity contribution < 1.29 is 14.7 Å². The Labute approximate surface area is 119 Å². The van der Waals surface area contributed by atoms with Crippen LogP contribution in [-0.4, -0.2) is 65.2 Å². The number of amides is 2. The number of rotatable bonds is 3. The Morgan fingerprint density at radius 1 is 1.20 bits per heavy atom. The van der Waals surface area contributed by atoms with E-state index in [-0.39, 0.29) is 12.1 Å². The molecule has 0 bridgehead atoms. The second-order valence-electron chi connectivity index (χ2n) is 5.74. The second kappa shape index (κ2) is 6.26. The summed E-state index contributed by atoms with van der Waals surface area (Å²) in [6.07, 6.45) is 3.89. The number of carbonyl (C=O) groups excluding carboxylic acids is 1. The van der Waals surface area contributed by atoms with Crippen molar-refractivity contribution in [3.8, 4) is 0 Å². The molecule has 0 saturated carbocycles. The largest absolute Gasteiger partial charge is 0.481 e. The van der Waals surface area contributed by atoms with Gasteiger partial charge in [0.1, 0.15) is 0 Å². The van der Waals surface area contributed by atoms with Gasteiger partial charge in [-0.3, -0.25) is 9.69 Å². The Kier molecular flexibility index (Phi) is 4.65. The summed E-state index contributed by atoms with van der Waals surface area (Å²) in [7, 11) is 0. The number of hydrogen-bond donors (Lipinski definition) is 2. The molecule has 0 aromatic carbocycles. The molecule has 2 aliphatic rings. The first-order valence-electron chi connectivity index (χ1n) is 7.18. The van der Waals surface area contributed by atoms with Crippen molar-refractivity contribution in [2.24, 2.45) is 5.92 Å². The van der Waals surface area contributed by atoms with Crippen molar-refractivity contribution in [3.05, 3.63) is 12.2 Å². The molecule has 0 radical (unpaired) electrons. The van der Waals surface area contributed by atoms with Gasteiger partial charge in [0.05, 0.1) is 12.0 Å². The quantitative estimate of drug-likeness (QED) is 0.749. The maximum atomic E-state index is 12.1. The molecule has 2 unspecified atom stereocenters. The number of carboxylic acids is 1. The van der Waals surface area contributed by atoms with Crippen LogP contribution in [0.5, 0.6) is 0 Å². The summed E-state index contributed by atoms with van der Waals surface area (Å²) in [5.74, 6) is -1.30. The summed E-state index contributed by atoms with van der Waals surface area (Å²) in [5, 5.41) is 11.8. The van der Waals surface area contributed by atoms with Gasteiger partial charge in [0.25, 0.3) is 0 Å². The Morgan fingerprint density at radius 2 is 1.85 bits per heavy atom. The fourth-order valence-electron chi connectivity index (χ4n) is 2.68. The third-order valence-corrected chi connectivity index (χ3v) is 4.04. The van der Waals surface area contributed by atoms with E-state index in [2.05, 4.69) is 24.1 Å². The van der Waals surface area contributed by atoms with E-state index >= 15 is 0 Å². The molecule has 112 valence electrons. The highest BCUT2D eigenvalue weighted by molar-refractivity contribution is 5.76. The van der Waals surface area contributed by atoms with Gasteiger partial charge in [-0.1, -0.05) is 12.2 Å². The molecule has 1 aliphatic carbocycles. The second-order valence-corrected chi connectivity index (χ2v) is 5.74. The number of nitrogens with zero attached hydrogens (tertiary/aromatic N) is 2. The van der Waals surface area contributed by atoms with E-state index in [4.69, 9.17) is 5.11 Å². The van der Waals surface area contributed by atoms with Crippen molar-refractivity contribution in [1.82, 2.24) is 15.1 Å². The predicted molar refractivity (Wildman–Crippen MR) is 75.5 cm³/mol. The van der Waals surface area contributed by atoms with Gasteiger partial charge in [0.2, 0.25) is 0 Å². The molecular formula is C14H23N3O3. The molecule has 0 spiro atoms. The lowest BCUT2D eigenvalue weighted by Gasteiger charge is -2.37. The minimum Gasteiger partial charge on any atom is -0.481 e. The Morgan fingerprint density at radius 3 is 2.35 bits per heavy atom. The Hall–Kier alpha value is -1.56. The fourth-order valence-corrected chi connectivity index (χ4v) is 2.68. The standard InChI is InChI=1S/C14H23N3O3/c1-10(2)16-5-7-17(8-6-16)14(20)15-12-4-3-11(9-12)13(18)19/h3-4,10-12H,5-9H2,1-2H3,(H,15,20)(H,18,19). The van der Waals surface area contributed by atoms with Crippen LogP contribution in [0.2, 0.25) is 0 Å². The predicted octanol–water partition coefficient (Wildman–Crippen LogP) is 0.751. The van der Waals surface area contributed by atoms with Gasteiger partial charge < -0.3 is 15.3 Å². The topological polar surface area (TPSA) is 72.9 Å². The maximum Gasteiger partial charge on any atom is 0.317 e. The van der Waals surface area contributed by atoms with Gasteiger partial charge in [-0.05, 0) is 20.3 Å². The summed E-state index contributed by atoms with van der Waals surface area (Å²) >= 11 is 0. The zero-order valence-electron chi connectivity index (χ0n) is 12.1. The van der Waals surface area contributed by atoms with Gasteiger partial charge in [0, 0.05) is 32.2 Å². The molecule has 1 fully saturated rings. The lowest BCUT2D eigenvalue weighted by molar-refractivity contribution is -0.140. The van der Waals surface area contributed by atoms with Gasteiger partial charge in [-0.15, -0.1) is 0 Å². The summed E-state index contributed by atoms with van der Waals surface area (Å²) < 4.78 is 0. The van der Waals surface area contributed by atoms with Crippen LogP contribution in [0.3, 0.4) is 0 Å². The van der Waals surface area contributed by atoms with E-state index in [1.165, 1.54) is 0 Å². The molecule has 20 heavy (non-hydrogen) atoms. The van der Waals surface area contributed by atoms with E-state index in [0.717, 1.165) is 26.2 Å². The zero-order valence-corrected chi connectivity index (χ0v) is 12.1. The highest BCUT2D eigenvalue weighted by Crippen LogP contribution is 2.18. The molecule has 6 heteroatoms. The Balaban J connectivity index is 1.77. The summed E-state index contributed by atoms with van der Waals surface area (Å²) in [6, 6.07) is 0.259. The monoisotopic (exact) mass is 281 g/mol. The maximum absolute atomic E-state index is 12.1. The van der Waals surface area contributed by atoms with Crippen LogP contribution in [-0.2, 0) is 4.79 Å². The molecule has 6 nitrogen and oxygen atoms in total. The summed E-state index contributed by atoms with van der Waals surface area (Å²) in [4.78, 5) is 27.1. The smallest absolute Gasteiger partial charge is 0.317 e. The van der Waals surface area contributed by atoms with Crippen molar-refractivity contribution >= 4 is 12.0 Å². The molecule has 2 atom stereocenters. The molecule has 0 aromatic heterocycles. The molecule has 0 aromatic rings. The number of aliphatic carboxylic acids is 1. The molecule has 2 rings (SSSR count). The fraction of sp³-hybridized carbons (Fsp3) is 0.714. The average molecular weight is 281 g/mol. The first kappa shape index (κ1) is 14.8. The number of nitrogens with one attached hydrogen (secondary N) is 1. The van der Waals surface area contributed by atoms with Gasteiger partial charge in [-0.25, -0.2) is 4.79 Å². The van der Waals surface area contributed by atoms with Crippen LogP contribution in [0.25, 0.3) is 0 Å². The van der Waals surface area contributed by atoms with Gasteiger partial charge in [-0.2, -0.15) is 0 Å². The lowest BCUT2D eigenvalue weighted by Crippen LogP contribution is -2.54. The van der Waals surface area contributed by atoms with Crippen LogP contribution in [0.15, 0.2) is 12.2 Å². The van der Waals surface area contributed by atoms with E-state index < -0.39 is 11.9 Å².